The van der Waals surface area contributed by atoms with Gasteiger partial charge in [-0.1, -0.05) is 11.6 Å². The van der Waals surface area contributed by atoms with Crippen molar-refractivity contribution in [1.29, 1.82) is 5.26 Å². The van der Waals surface area contributed by atoms with Gasteiger partial charge in [-0.3, -0.25) is 4.98 Å². The van der Waals surface area contributed by atoms with E-state index in [-0.39, 0.29) is 23.4 Å². The molecule has 0 bridgehead atoms. The number of nitrogens with zero attached hydrogens (tertiary/aromatic N) is 3. The molecule has 1 aliphatic heterocycles. The highest BCUT2D eigenvalue weighted by Gasteiger charge is 2.43. The number of hydrogen-bond donors (Lipinski definition) is 2. The lowest BCUT2D eigenvalue weighted by atomic mass is 9.88. The second kappa shape index (κ2) is 9.76. The molecule has 1 saturated carbocycles. The highest BCUT2D eigenvalue weighted by Crippen LogP contribution is 2.48. The second-order valence-corrected chi connectivity index (χ2v) is 9.11. The van der Waals surface area contributed by atoms with Gasteiger partial charge < -0.3 is 20.3 Å². The highest BCUT2D eigenvalue weighted by atomic mass is 35.5. The van der Waals surface area contributed by atoms with Gasteiger partial charge in [0.15, 0.2) is 0 Å². The zero-order valence-corrected chi connectivity index (χ0v) is 18.9. The number of benzene rings is 1. The minimum absolute atomic E-state index is 0.0443. The standard InChI is InChI=1S/C24H28ClN5O2/c1-32-19-6-7-21(27-14-19)20-15-30(13-11-24(16-26)9-10-24)12-8-22(20)29-23(31)28-18-4-2-17(25)3-5-18/h2-7,14,20,22H,8-13,15H2,1H3,(H2,28,29,31)/t20-,22+/m0/s1. The number of carbonyl (C=O) groups is 1. The van der Waals surface area contributed by atoms with E-state index in [4.69, 9.17) is 16.3 Å². The van der Waals surface area contributed by atoms with Gasteiger partial charge in [0.1, 0.15) is 5.75 Å². The molecule has 7 nitrogen and oxygen atoms in total. The quantitative estimate of drug-likeness (QED) is 0.647. The van der Waals surface area contributed by atoms with Crippen LogP contribution in [0.1, 0.15) is 37.3 Å². The monoisotopic (exact) mass is 453 g/mol. The minimum atomic E-state index is -0.245. The van der Waals surface area contributed by atoms with E-state index in [9.17, 15) is 10.1 Å². The topological polar surface area (TPSA) is 90.3 Å². The molecule has 4 rings (SSSR count). The molecule has 1 aromatic heterocycles. The Bertz CT molecular complexity index is 969. The Balaban J connectivity index is 1.43. The number of urea groups is 1. The number of pyridine rings is 1. The molecular formula is C24H28ClN5O2. The molecule has 1 aromatic carbocycles. The first-order chi connectivity index (χ1) is 15.5. The third kappa shape index (κ3) is 5.50. The highest BCUT2D eigenvalue weighted by molar-refractivity contribution is 6.30. The van der Waals surface area contributed by atoms with E-state index in [1.165, 1.54) is 0 Å². The molecule has 0 radical (unpaired) electrons. The molecule has 2 atom stereocenters. The van der Waals surface area contributed by atoms with Gasteiger partial charge in [0.05, 0.1) is 24.8 Å². The summed E-state index contributed by atoms with van der Waals surface area (Å²) in [4.78, 5) is 19.7. The predicted octanol–water partition coefficient (Wildman–Crippen LogP) is 4.42. The smallest absolute Gasteiger partial charge is 0.319 e. The van der Waals surface area contributed by atoms with E-state index in [1.54, 1.807) is 37.6 Å². The fourth-order valence-corrected chi connectivity index (χ4v) is 4.36. The number of halogens is 1. The van der Waals surface area contributed by atoms with Crippen LogP contribution in [0.25, 0.3) is 0 Å². The molecule has 2 heterocycles. The number of ether oxygens (including phenoxy) is 1. The van der Waals surface area contributed by atoms with E-state index >= 15 is 0 Å². The lowest BCUT2D eigenvalue weighted by molar-refractivity contribution is 0.166. The van der Waals surface area contributed by atoms with Crippen molar-refractivity contribution < 1.29 is 9.53 Å². The van der Waals surface area contributed by atoms with Crippen LogP contribution in [0, 0.1) is 16.7 Å². The molecule has 0 unspecified atom stereocenters. The summed E-state index contributed by atoms with van der Waals surface area (Å²) in [6.07, 6.45) is 5.45. The molecule has 2 amide bonds. The number of hydrogen-bond acceptors (Lipinski definition) is 5. The molecule has 0 spiro atoms. The van der Waals surface area contributed by atoms with E-state index in [0.717, 1.165) is 51.0 Å². The number of likely N-dealkylation sites (tertiary alicyclic amines) is 1. The molecule has 1 saturated heterocycles. The average Bonchev–Trinajstić information content (AvgIpc) is 3.60. The summed E-state index contributed by atoms with van der Waals surface area (Å²) in [6, 6.07) is 13.1. The van der Waals surface area contributed by atoms with Crippen molar-refractivity contribution in [1.82, 2.24) is 15.2 Å². The van der Waals surface area contributed by atoms with Gasteiger partial charge in [0, 0.05) is 41.5 Å². The SMILES string of the molecule is COc1ccc([C@@H]2CN(CCC3(C#N)CC3)CC[C@H]2NC(=O)Nc2ccc(Cl)cc2)nc1. The summed E-state index contributed by atoms with van der Waals surface area (Å²) >= 11 is 5.93. The van der Waals surface area contributed by atoms with Crippen LogP contribution in [0.3, 0.4) is 0 Å². The predicted molar refractivity (Wildman–Crippen MR) is 124 cm³/mol. The van der Waals surface area contributed by atoms with E-state index < -0.39 is 0 Å². The zero-order valence-electron chi connectivity index (χ0n) is 18.2. The number of rotatable bonds is 7. The summed E-state index contributed by atoms with van der Waals surface area (Å²) < 4.78 is 5.25. The molecule has 2 aromatic rings. The third-order valence-corrected chi connectivity index (χ3v) is 6.74. The normalized spacial score (nSPS) is 21.9. The van der Waals surface area contributed by atoms with E-state index in [2.05, 4.69) is 26.6 Å². The summed E-state index contributed by atoms with van der Waals surface area (Å²) in [6.45, 7) is 2.55. The Morgan fingerprint density at radius 1 is 1.31 bits per heavy atom. The summed E-state index contributed by atoms with van der Waals surface area (Å²) in [5.41, 5.74) is 1.50. The molecule has 8 heteroatoms. The first kappa shape index (κ1) is 22.4. The largest absolute Gasteiger partial charge is 0.495 e. The Morgan fingerprint density at radius 3 is 2.72 bits per heavy atom. The molecule has 32 heavy (non-hydrogen) atoms. The average molecular weight is 454 g/mol. The van der Waals surface area contributed by atoms with Crippen LogP contribution in [-0.2, 0) is 0 Å². The van der Waals surface area contributed by atoms with Gasteiger partial charge in [-0.25, -0.2) is 4.79 Å². The molecular weight excluding hydrogens is 426 g/mol. The van der Waals surface area contributed by atoms with Crippen molar-refractivity contribution >= 4 is 23.3 Å². The maximum Gasteiger partial charge on any atom is 0.319 e. The van der Waals surface area contributed by atoms with Crippen LogP contribution in [0.15, 0.2) is 42.6 Å². The maximum absolute atomic E-state index is 12.7. The molecule has 1 aliphatic carbocycles. The first-order valence-electron chi connectivity index (χ1n) is 11.0. The number of methoxy groups -OCH3 is 1. The molecule has 2 N–H and O–H groups in total. The van der Waals surface area contributed by atoms with Crippen LogP contribution >= 0.6 is 11.6 Å². The number of piperidine rings is 1. The summed E-state index contributed by atoms with van der Waals surface area (Å²) in [5, 5.41) is 16.0. The lowest BCUT2D eigenvalue weighted by Gasteiger charge is -2.39. The van der Waals surface area contributed by atoms with Crippen molar-refractivity contribution in [3.63, 3.8) is 0 Å². The molecule has 168 valence electrons. The Morgan fingerprint density at radius 2 is 2.09 bits per heavy atom. The van der Waals surface area contributed by atoms with Gasteiger partial charge in [-0.2, -0.15) is 5.26 Å². The van der Waals surface area contributed by atoms with Crippen molar-refractivity contribution in [3.05, 3.63) is 53.3 Å². The molecule has 2 aliphatic rings. The summed E-state index contributed by atoms with van der Waals surface area (Å²) in [5.74, 6) is 0.749. The van der Waals surface area contributed by atoms with Crippen molar-refractivity contribution in [2.75, 3.05) is 32.1 Å². The Kier molecular flexibility index (Phi) is 6.83. The zero-order chi connectivity index (χ0) is 22.6. The van der Waals surface area contributed by atoms with Gasteiger partial charge in [-0.05, 0) is 68.6 Å². The number of amides is 2. The summed E-state index contributed by atoms with van der Waals surface area (Å²) in [7, 11) is 1.62. The van der Waals surface area contributed by atoms with Crippen molar-refractivity contribution in [2.24, 2.45) is 5.41 Å². The fourth-order valence-electron chi connectivity index (χ4n) is 4.24. The third-order valence-electron chi connectivity index (χ3n) is 6.49. The van der Waals surface area contributed by atoms with Gasteiger partial charge in [-0.15, -0.1) is 0 Å². The van der Waals surface area contributed by atoms with E-state index in [0.29, 0.717) is 16.5 Å². The van der Waals surface area contributed by atoms with Crippen molar-refractivity contribution in [3.8, 4) is 11.8 Å². The Labute approximate surface area is 193 Å². The van der Waals surface area contributed by atoms with Crippen LogP contribution in [0.5, 0.6) is 5.75 Å². The van der Waals surface area contributed by atoms with Crippen LogP contribution < -0.4 is 15.4 Å². The van der Waals surface area contributed by atoms with Crippen molar-refractivity contribution in [2.45, 2.75) is 37.6 Å². The minimum Gasteiger partial charge on any atom is -0.495 e. The number of nitrogens with one attached hydrogen (secondary N) is 2. The lowest BCUT2D eigenvalue weighted by Crippen LogP contribution is -2.51. The van der Waals surface area contributed by atoms with E-state index in [1.807, 2.05) is 12.1 Å². The van der Waals surface area contributed by atoms with Crippen LogP contribution in [0.4, 0.5) is 10.5 Å². The number of carbonyl (C=O) groups excluding carboxylic acids is 1. The number of nitriles is 1. The van der Waals surface area contributed by atoms with Gasteiger partial charge in [0.25, 0.3) is 0 Å². The van der Waals surface area contributed by atoms with Crippen LogP contribution in [-0.4, -0.2) is 48.7 Å². The maximum atomic E-state index is 12.7. The van der Waals surface area contributed by atoms with Gasteiger partial charge in [0.2, 0.25) is 0 Å². The fraction of sp³-hybridized carbons (Fsp3) is 0.458. The van der Waals surface area contributed by atoms with Crippen LogP contribution in [0.2, 0.25) is 5.02 Å². The first-order valence-corrected chi connectivity index (χ1v) is 11.3. The number of aromatic nitrogens is 1. The Hall–Kier alpha value is -2.82. The number of anilines is 1. The second-order valence-electron chi connectivity index (χ2n) is 8.67. The van der Waals surface area contributed by atoms with Gasteiger partial charge >= 0.3 is 6.03 Å². The molecule has 2 fully saturated rings.